The van der Waals surface area contributed by atoms with Crippen molar-refractivity contribution in [2.45, 2.75) is 32.7 Å². The maximum Gasteiger partial charge on any atom is 0.124 e. The first-order valence-electron chi connectivity index (χ1n) is 5.57. The van der Waals surface area contributed by atoms with Crippen molar-refractivity contribution in [1.29, 1.82) is 0 Å². The van der Waals surface area contributed by atoms with Gasteiger partial charge in [0.25, 0.3) is 0 Å². The molecular formula is C14H19NO. The summed E-state index contributed by atoms with van der Waals surface area (Å²) >= 11 is 0. The molecule has 0 amide bonds. The van der Waals surface area contributed by atoms with E-state index in [0.29, 0.717) is 6.61 Å². The standard InChI is InChI=1S/C14H19NO/c1-4-5-6-9-16-14-10-11(2)7-8-13(14)12(3)15/h1,7-8,10,12H,5-6,9,15H2,2-3H3/t12-/m1/s1. The lowest BCUT2D eigenvalue weighted by atomic mass is 10.1. The maximum absolute atomic E-state index is 5.88. The molecule has 0 spiro atoms. The van der Waals surface area contributed by atoms with Gasteiger partial charge < -0.3 is 10.5 Å². The minimum atomic E-state index is -0.0109. The molecule has 0 fully saturated rings. The maximum atomic E-state index is 5.88. The summed E-state index contributed by atoms with van der Waals surface area (Å²) < 4.78 is 5.71. The van der Waals surface area contributed by atoms with Crippen molar-refractivity contribution in [2.75, 3.05) is 6.61 Å². The van der Waals surface area contributed by atoms with Crippen LogP contribution < -0.4 is 10.5 Å². The summed E-state index contributed by atoms with van der Waals surface area (Å²) in [6, 6.07) is 6.08. The van der Waals surface area contributed by atoms with E-state index in [9.17, 15) is 0 Å². The Morgan fingerprint density at radius 2 is 2.25 bits per heavy atom. The molecular weight excluding hydrogens is 198 g/mol. The highest BCUT2D eigenvalue weighted by molar-refractivity contribution is 5.38. The third kappa shape index (κ3) is 3.60. The summed E-state index contributed by atoms with van der Waals surface area (Å²) in [6.07, 6.45) is 6.81. The molecule has 0 aliphatic rings. The average molecular weight is 217 g/mol. The van der Waals surface area contributed by atoms with Crippen LogP contribution in [0.5, 0.6) is 5.75 Å². The summed E-state index contributed by atoms with van der Waals surface area (Å²) in [5, 5.41) is 0. The number of nitrogens with two attached hydrogens (primary N) is 1. The van der Waals surface area contributed by atoms with Gasteiger partial charge in [-0.15, -0.1) is 12.3 Å². The molecule has 0 aliphatic heterocycles. The second-order valence-electron chi connectivity index (χ2n) is 3.99. The fourth-order valence-electron chi connectivity index (χ4n) is 1.50. The van der Waals surface area contributed by atoms with Crippen molar-refractivity contribution in [3.05, 3.63) is 29.3 Å². The Bertz CT molecular complexity index is 377. The summed E-state index contributed by atoms with van der Waals surface area (Å²) in [5.74, 6) is 3.48. The number of terminal acetylenes is 1. The molecule has 0 aliphatic carbocycles. The lowest BCUT2D eigenvalue weighted by Crippen LogP contribution is -2.08. The van der Waals surface area contributed by atoms with Crippen LogP contribution in [-0.4, -0.2) is 6.61 Å². The van der Waals surface area contributed by atoms with E-state index in [-0.39, 0.29) is 6.04 Å². The Balaban J connectivity index is 2.69. The molecule has 0 bridgehead atoms. The SMILES string of the molecule is C#CCCCOc1cc(C)ccc1[C@@H](C)N. The van der Waals surface area contributed by atoms with Gasteiger partial charge >= 0.3 is 0 Å². The van der Waals surface area contributed by atoms with E-state index in [4.69, 9.17) is 16.9 Å². The van der Waals surface area contributed by atoms with Gasteiger partial charge in [0.1, 0.15) is 5.75 Å². The Labute approximate surface area is 97.8 Å². The van der Waals surface area contributed by atoms with E-state index in [1.165, 1.54) is 5.56 Å². The van der Waals surface area contributed by atoms with Gasteiger partial charge in [0.05, 0.1) is 6.61 Å². The number of aryl methyl sites for hydroxylation is 1. The molecule has 0 unspecified atom stereocenters. The molecule has 1 rings (SSSR count). The highest BCUT2D eigenvalue weighted by Gasteiger charge is 2.07. The monoisotopic (exact) mass is 217 g/mol. The Hall–Kier alpha value is -1.46. The lowest BCUT2D eigenvalue weighted by Gasteiger charge is -2.14. The molecule has 1 aromatic rings. The third-order valence-electron chi connectivity index (χ3n) is 2.38. The van der Waals surface area contributed by atoms with E-state index in [1.54, 1.807) is 0 Å². The molecule has 2 nitrogen and oxygen atoms in total. The van der Waals surface area contributed by atoms with Gasteiger partial charge in [-0.3, -0.25) is 0 Å². The van der Waals surface area contributed by atoms with Gasteiger partial charge in [0.15, 0.2) is 0 Å². The molecule has 2 heteroatoms. The molecule has 86 valence electrons. The minimum Gasteiger partial charge on any atom is -0.493 e. The van der Waals surface area contributed by atoms with Crippen LogP contribution in [0.2, 0.25) is 0 Å². The number of benzene rings is 1. The molecule has 0 radical (unpaired) electrons. The predicted octanol–water partition coefficient (Wildman–Crippen LogP) is 2.81. The number of hydrogen-bond donors (Lipinski definition) is 1. The van der Waals surface area contributed by atoms with Crippen LogP contribution in [0, 0.1) is 19.3 Å². The first-order valence-corrected chi connectivity index (χ1v) is 5.57. The quantitative estimate of drug-likeness (QED) is 0.608. The molecule has 0 heterocycles. The summed E-state index contributed by atoms with van der Waals surface area (Å²) in [5.41, 5.74) is 8.11. The van der Waals surface area contributed by atoms with Crippen molar-refractivity contribution in [3.8, 4) is 18.1 Å². The van der Waals surface area contributed by atoms with Crippen molar-refractivity contribution in [2.24, 2.45) is 5.73 Å². The van der Waals surface area contributed by atoms with E-state index >= 15 is 0 Å². The molecule has 0 saturated carbocycles. The first kappa shape index (κ1) is 12.6. The zero-order chi connectivity index (χ0) is 12.0. The van der Waals surface area contributed by atoms with Gasteiger partial charge in [-0.2, -0.15) is 0 Å². The second kappa shape index (κ2) is 6.19. The normalized spacial score (nSPS) is 11.9. The van der Waals surface area contributed by atoms with Crippen LogP contribution in [0.15, 0.2) is 18.2 Å². The van der Waals surface area contributed by atoms with Gasteiger partial charge in [-0.25, -0.2) is 0 Å². The van der Waals surface area contributed by atoms with Gasteiger partial charge in [0.2, 0.25) is 0 Å². The fourth-order valence-corrected chi connectivity index (χ4v) is 1.50. The first-order chi connectivity index (χ1) is 7.65. The summed E-state index contributed by atoms with van der Waals surface area (Å²) in [7, 11) is 0. The van der Waals surface area contributed by atoms with Crippen molar-refractivity contribution in [1.82, 2.24) is 0 Å². The smallest absolute Gasteiger partial charge is 0.124 e. The van der Waals surface area contributed by atoms with E-state index in [0.717, 1.165) is 24.2 Å². The fraction of sp³-hybridized carbons (Fsp3) is 0.429. The predicted molar refractivity (Wildman–Crippen MR) is 67.3 cm³/mol. The molecule has 0 aromatic heterocycles. The topological polar surface area (TPSA) is 35.2 Å². The van der Waals surface area contributed by atoms with Gasteiger partial charge in [0, 0.05) is 18.0 Å². The van der Waals surface area contributed by atoms with Crippen LogP contribution in [0.1, 0.15) is 36.9 Å². The summed E-state index contributed by atoms with van der Waals surface area (Å²) in [6.45, 7) is 4.64. The minimum absolute atomic E-state index is 0.0109. The lowest BCUT2D eigenvalue weighted by molar-refractivity contribution is 0.308. The highest BCUT2D eigenvalue weighted by atomic mass is 16.5. The number of hydrogen-bond acceptors (Lipinski definition) is 2. The number of ether oxygens (including phenoxy) is 1. The van der Waals surface area contributed by atoms with E-state index < -0.39 is 0 Å². The largest absolute Gasteiger partial charge is 0.493 e. The number of rotatable bonds is 5. The van der Waals surface area contributed by atoms with Crippen LogP contribution >= 0.6 is 0 Å². The van der Waals surface area contributed by atoms with Crippen LogP contribution in [0.3, 0.4) is 0 Å². The Morgan fingerprint density at radius 1 is 1.50 bits per heavy atom. The molecule has 0 saturated heterocycles. The average Bonchev–Trinajstić information content (AvgIpc) is 2.24. The van der Waals surface area contributed by atoms with Gasteiger partial charge in [-0.05, 0) is 31.9 Å². The van der Waals surface area contributed by atoms with Gasteiger partial charge in [-0.1, -0.05) is 12.1 Å². The Morgan fingerprint density at radius 3 is 2.88 bits per heavy atom. The van der Waals surface area contributed by atoms with Crippen molar-refractivity contribution >= 4 is 0 Å². The molecule has 1 aromatic carbocycles. The van der Waals surface area contributed by atoms with Crippen LogP contribution in [-0.2, 0) is 0 Å². The van der Waals surface area contributed by atoms with E-state index in [2.05, 4.69) is 5.92 Å². The van der Waals surface area contributed by atoms with Crippen LogP contribution in [0.4, 0.5) is 0 Å². The molecule has 2 N–H and O–H groups in total. The zero-order valence-electron chi connectivity index (χ0n) is 9.99. The Kier molecular flexibility index (Phi) is 4.88. The molecule has 16 heavy (non-hydrogen) atoms. The van der Waals surface area contributed by atoms with Crippen molar-refractivity contribution in [3.63, 3.8) is 0 Å². The number of unbranched alkanes of at least 4 members (excludes halogenated alkanes) is 1. The summed E-state index contributed by atoms with van der Waals surface area (Å²) in [4.78, 5) is 0. The molecule has 1 atom stereocenters. The zero-order valence-corrected chi connectivity index (χ0v) is 9.99. The second-order valence-corrected chi connectivity index (χ2v) is 3.99. The van der Waals surface area contributed by atoms with Crippen LogP contribution in [0.25, 0.3) is 0 Å². The highest BCUT2D eigenvalue weighted by Crippen LogP contribution is 2.25. The third-order valence-corrected chi connectivity index (χ3v) is 2.38. The van der Waals surface area contributed by atoms with E-state index in [1.807, 2.05) is 32.0 Å². The van der Waals surface area contributed by atoms with Crippen molar-refractivity contribution < 1.29 is 4.74 Å².